The summed E-state index contributed by atoms with van der Waals surface area (Å²) < 4.78 is 8.08. The van der Waals surface area contributed by atoms with Crippen LogP contribution in [0.15, 0.2) is 4.73 Å². The number of hydrogen-bond acceptors (Lipinski definition) is 3. The molecular formula is C7H10BrN3O. The van der Waals surface area contributed by atoms with Gasteiger partial charge in [0.25, 0.3) is 0 Å². The summed E-state index contributed by atoms with van der Waals surface area (Å²) in [6.07, 6.45) is 1.07. The standard InChI is InChI=1S/C7H10BrN3O/c1-2-5-6-9-7(8)10-11(6)3-4-12-5/h5H,2-4H2,1H3. The first-order valence-electron chi connectivity index (χ1n) is 4.03. The molecule has 4 nitrogen and oxygen atoms in total. The molecule has 1 atom stereocenters. The maximum atomic E-state index is 5.52. The van der Waals surface area contributed by atoms with E-state index in [2.05, 4.69) is 32.9 Å². The highest BCUT2D eigenvalue weighted by atomic mass is 79.9. The van der Waals surface area contributed by atoms with Crippen LogP contribution in [0, 0.1) is 0 Å². The monoisotopic (exact) mass is 231 g/mol. The lowest BCUT2D eigenvalue weighted by atomic mass is 10.2. The molecule has 2 heterocycles. The molecule has 0 saturated heterocycles. The minimum absolute atomic E-state index is 0.123. The van der Waals surface area contributed by atoms with Crippen molar-refractivity contribution in [2.24, 2.45) is 0 Å². The Morgan fingerprint density at radius 3 is 3.33 bits per heavy atom. The molecule has 1 aromatic heterocycles. The van der Waals surface area contributed by atoms with Gasteiger partial charge in [-0.2, -0.15) is 0 Å². The fourth-order valence-electron chi connectivity index (χ4n) is 1.38. The molecule has 0 N–H and O–H groups in total. The van der Waals surface area contributed by atoms with Crippen LogP contribution in [0.25, 0.3) is 0 Å². The van der Waals surface area contributed by atoms with Crippen LogP contribution in [0.4, 0.5) is 0 Å². The Hall–Kier alpha value is -0.420. The first-order chi connectivity index (χ1) is 5.81. The minimum atomic E-state index is 0.123. The van der Waals surface area contributed by atoms with Crippen molar-refractivity contribution >= 4 is 15.9 Å². The number of aromatic nitrogens is 3. The van der Waals surface area contributed by atoms with Crippen LogP contribution in [0.5, 0.6) is 0 Å². The Labute approximate surface area is 79.1 Å². The molecule has 0 bridgehead atoms. The number of hydrogen-bond donors (Lipinski definition) is 0. The van der Waals surface area contributed by atoms with E-state index in [0.29, 0.717) is 4.73 Å². The van der Waals surface area contributed by atoms with E-state index < -0.39 is 0 Å². The van der Waals surface area contributed by atoms with Gasteiger partial charge in [0.05, 0.1) is 13.2 Å². The lowest BCUT2D eigenvalue weighted by Gasteiger charge is -2.21. The van der Waals surface area contributed by atoms with Gasteiger partial charge >= 0.3 is 0 Å². The molecule has 66 valence electrons. The zero-order chi connectivity index (χ0) is 8.55. The summed E-state index contributed by atoms with van der Waals surface area (Å²) in [7, 11) is 0. The molecule has 1 unspecified atom stereocenters. The molecule has 0 amide bonds. The lowest BCUT2D eigenvalue weighted by Crippen LogP contribution is -2.22. The molecule has 0 aromatic carbocycles. The molecule has 1 aliphatic heterocycles. The Bertz CT molecular complexity index is 286. The second-order valence-electron chi connectivity index (χ2n) is 2.73. The molecular weight excluding hydrogens is 222 g/mol. The third-order valence-corrected chi connectivity index (χ3v) is 2.29. The van der Waals surface area contributed by atoms with Gasteiger partial charge in [-0.05, 0) is 22.4 Å². The first-order valence-corrected chi connectivity index (χ1v) is 4.82. The SMILES string of the molecule is CCC1OCCn2nc(Br)nc21. The molecule has 0 radical (unpaired) electrons. The molecule has 0 spiro atoms. The Morgan fingerprint density at radius 2 is 2.58 bits per heavy atom. The van der Waals surface area contributed by atoms with Crippen molar-refractivity contribution < 1.29 is 4.74 Å². The predicted molar refractivity (Wildman–Crippen MR) is 46.7 cm³/mol. The molecule has 2 rings (SSSR count). The van der Waals surface area contributed by atoms with Crippen LogP contribution < -0.4 is 0 Å². The number of halogens is 1. The van der Waals surface area contributed by atoms with Crippen molar-refractivity contribution in [2.45, 2.75) is 26.0 Å². The summed E-state index contributed by atoms with van der Waals surface area (Å²) in [5.41, 5.74) is 0. The van der Waals surface area contributed by atoms with E-state index in [-0.39, 0.29) is 6.10 Å². The fourth-order valence-corrected chi connectivity index (χ4v) is 1.76. The second kappa shape index (κ2) is 3.14. The van der Waals surface area contributed by atoms with Gasteiger partial charge < -0.3 is 4.74 Å². The van der Waals surface area contributed by atoms with Gasteiger partial charge in [-0.25, -0.2) is 9.67 Å². The van der Waals surface area contributed by atoms with E-state index in [1.165, 1.54) is 0 Å². The average molecular weight is 232 g/mol. The molecule has 0 saturated carbocycles. The van der Waals surface area contributed by atoms with Crippen LogP contribution in [-0.4, -0.2) is 21.4 Å². The molecule has 0 aliphatic carbocycles. The summed E-state index contributed by atoms with van der Waals surface area (Å²) in [6, 6.07) is 0. The van der Waals surface area contributed by atoms with Gasteiger partial charge in [0.2, 0.25) is 4.73 Å². The van der Waals surface area contributed by atoms with Crippen molar-refractivity contribution in [1.82, 2.24) is 14.8 Å². The van der Waals surface area contributed by atoms with Gasteiger partial charge in [-0.15, -0.1) is 5.10 Å². The smallest absolute Gasteiger partial charge is 0.217 e. The first kappa shape index (κ1) is 8.19. The van der Waals surface area contributed by atoms with E-state index in [1.54, 1.807) is 0 Å². The summed E-state index contributed by atoms with van der Waals surface area (Å²) in [6.45, 7) is 3.63. The highest BCUT2D eigenvalue weighted by Crippen LogP contribution is 2.23. The van der Waals surface area contributed by atoms with E-state index in [4.69, 9.17) is 4.74 Å². The van der Waals surface area contributed by atoms with E-state index in [9.17, 15) is 0 Å². The Morgan fingerprint density at radius 1 is 1.75 bits per heavy atom. The minimum Gasteiger partial charge on any atom is -0.368 e. The number of ether oxygens (including phenoxy) is 1. The zero-order valence-corrected chi connectivity index (χ0v) is 8.41. The van der Waals surface area contributed by atoms with E-state index in [1.807, 2.05) is 4.68 Å². The lowest BCUT2D eigenvalue weighted by molar-refractivity contribution is 0.0113. The Kier molecular flexibility index (Phi) is 2.14. The largest absolute Gasteiger partial charge is 0.368 e. The van der Waals surface area contributed by atoms with Crippen molar-refractivity contribution in [3.8, 4) is 0 Å². The Balaban J connectivity index is 2.36. The number of fused-ring (bicyclic) bond motifs is 1. The van der Waals surface area contributed by atoms with Crippen LogP contribution in [0.2, 0.25) is 0 Å². The third-order valence-electron chi connectivity index (χ3n) is 1.96. The summed E-state index contributed by atoms with van der Waals surface area (Å²) in [5, 5.41) is 4.19. The van der Waals surface area contributed by atoms with E-state index in [0.717, 1.165) is 25.4 Å². The zero-order valence-electron chi connectivity index (χ0n) is 6.83. The van der Waals surface area contributed by atoms with Crippen LogP contribution in [0.3, 0.4) is 0 Å². The number of rotatable bonds is 1. The van der Waals surface area contributed by atoms with Gasteiger partial charge in [0, 0.05) is 0 Å². The van der Waals surface area contributed by atoms with Crippen LogP contribution in [0.1, 0.15) is 25.3 Å². The molecule has 1 aliphatic rings. The van der Waals surface area contributed by atoms with Gasteiger partial charge in [0.15, 0.2) is 5.82 Å². The van der Waals surface area contributed by atoms with Gasteiger partial charge in [0.1, 0.15) is 6.10 Å². The van der Waals surface area contributed by atoms with Crippen LogP contribution >= 0.6 is 15.9 Å². The third kappa shape index (κ3) is 1.27. The highest BCUT2D eigenvalue weighted by molar-refractivity contribution is 9.10. The highest BCUT2D eigenvalue weighted by Gasteiger charge is 2.22. The normalized spacial score (nSPS) is 22.3. The maximum Gasteiger partial charge on any atom is 0.217 e. The second-order valence-corrected chi connectivity index (χ2v) is 3.44. The van der Waals surface area contributed by atoms with Gasteiger partial charge in [-0.1, -0.05) is 6.92 Å². The molecule has 12 heavy (non-hydrogen) atoms. The summed E-state index contributed by atoms with van der Waals surface area (Å²) in [5.74, 6) is 0.940. The maximum absolute atomic E-state index is 5.52. The van der Waals surface area contributed by atoms with Crippen molar-refractivity contribution in [3.63, 3.8) is 0 Å². The topological polar surface area (TPSA) is 39.9 Å². The van der Waals surface area contributed by atoms with Crippen molar-refractivity contribution in [1.29, 1.82) is 0 Å². The molecule has 5 heteroatoms. The quantitative estimate of drug-likeness (QED) is 0.736. The average Bonchev–Trinajstić information content (AvgIpc) is 2.44. The van der Waals surface area contributed by atoms with Gasteiger partial charge in [-0.3, -0.25) is 0 Å². The summed E-state index contributed by atoms with van der Waals surface area (Å²) in [4.78, 5) is 4.25. The number of nitrogens with zero attached hydrogens (tertiary/aromatic N) is 3. The van der Waals surface area contributed by atoms with E-state index >= 15 is 0 Å². The molecule has 1 aromatic rings. The van der Waals surface area contributed by atoms with Crippen molar-refractivity contribution in [3.05, 3.63) is 10.6 Å². The van der Waals surface area contributed by atoms with Crippen LogP contribution in [-0.2, 0) is 11.3 Å². The molecule has 0 fully saturated rings. The van der Waals surface area contributed by atoms with Crippen molar-refractivity contribution in [2.75, 3.05) is 6.61 Å². The summed E-state index contributed by atoms with van der Waals surface area (Å²) >= 11 is 3.25. The predicted octanol–water partition coefficient (Wildman–Crippen LogP) is 1.52. The fraction of sp³-hybridized carbons (Fsp3) is 0.714.